The van der Waals surface area contributed by atoms with Crippen molar-refractivity contribution in [3.63, 3.8) is 0 Å². The first-order valence-corrected chi connectivity index (χ1v) is 12.6. The topological polar surface area (TPSA) is 69.6 Å². The van der Waals surface area contributed by atoms with E-state index in [1.165, 1.54) is 42.0 Å². The minimum absolute atomic E-state index is 0.259. The molecule has 2 fully saturated rings. The van der Waals surface area contributed by atoms with E-state index in [1.807, 2.05) is 0 Å². The SMILES string of the molecule is Cc1nc([C@@H]2CCCN2S(=O)(=O)N(C)C)nc2c1CCCN2CC1CCCCC1. The molecule has 7 nitrogen and oxygen atoms in total. The largest absolute Gasteiger partial charge is 0.356 e. The summed E-state index contributed by atoms with van der Waals surface area (Å²) in [5, 5.41) is 0. The van der Waals surface area contributed by atoms with Crippen LogP contribution in [0.3, 0.4) is 0 Å². The predicted octanol–water partition coefficient (Wildman–Crippen LogP) is 3.06. The van der Waals surface area contributed by atoms with E-state index in [1.54, 1.807) is 18.4 Å². The van der Waals surface area contributed by atoms with Gasteiger partial charge in [-0.1, -0.05) is 19.3 Å². The van der Waals surface area contributed by atoms with Gasteiger partial charge in [-0.2, -0.15) is 17.0 Å². The number of fused-ring (bicyclic) bond motifs is 1. The average molecular weight is 422 g/mol. The van der Waals surface area contributed by atoms with Gasteiger partial charge in [-0.05, 0) is 51.4 Å². The van der Waals surface area contributed by atoms with Gasteiger partial charge in [-0.3, -0.25) is 0 Å². The fraction of sp³-hybridized carbons (Fsp3) is 0.810. The molecule has 3 heterocycles. The molecule has 0 radical (unpaired) electrons. The highest BCUT2D eigenvalue weighted by Gasteiger charge is 2.39. The Balaban J connectivity index is 1.64. The predicted molar refractivity (Wildman–Crippen MR) is 115 cm³/mol. The van der Waals surface area contributed by atoms with E-state index in [9.17, 15) is 8.42 Å². The zero-order valence-electron chi connectivity index (χ0n) is 18.1. The van der Waals surface area contributed by atoms with E-state index in [2.05, 4.69) is 11.8 Å². The van der Waals surface area contributed by atoms with Crippen molar-refractivity contribution in [1.29, 1.82) is 0 Å². The molecule has 0 amide bonds. The third kappa shape index (κ3) is 4.16. The number of aryl methyl sites for hydroxylation is 1. The summed E-state index contributed by atoms with van der Waals surface area (Å²) in [7, 11) is -0.286. The van der Waals surface area contributed by atoms with Crippen molar-refractivity contribution in [3.8, 4) is 0 Å². The van der Waals surface area contributed by atoms with E-state index < -0.39 is 10.2 Å². The van der Waals surface area contributed by atoms with Gasteiger partial charge in [-0.15, -0.1) is 0 Å². The first kappa shape index (κ1) is 21.0. The molecule has 0 N–H and O–H groups in total. The van der Waals surface area contributed by atoms with E-state index >= 15 is 0 Å². The van der Waals surface area contributed by atoms with Crippen LogP contribution >= 0.6 is 0 Å². The summed E-state index contributed by atoms with van der Waals surface area (Å²) in [6.45, 7) is 4.72. The summed E-state index contributed by atoms with van der Waals surface area (Å²) in [5.41, 5.74) is 2.28. The van der Waals surface area contributed by atoms with Crippen molar-refractivity contribution in [2.24, 2.45) is 5.92 Å². The summed E-state index contributed by atoms with van der Waals surface area (Å²) in [5.74, 6) is 2.50. The molecule has 3 aliphatic rings. The molecule has 0 unspecified atom stereocenters. The molecular formula is C21H35N5O2S. The maximum absolute atomic E-state index is 12.8. The number of hydrogen-bond acceptors (Lipinski definition) is 5. The van der Waals surface area contributed by atoms with Crippen LogP contribution in [0, 0.1) is 12.8 Å². The Morgan fingerprint density at radius 2 is 1.76 bits per heavy atom. The molecule has 0 aromatic carbocycles. The third-order valence-corrected chi connectivity index (χ3v) is 8.78. The first-order valence-electron chi connectivity index (χ1n) is 11.2. The number of aromatic nitrogens is 2. The van der Waals surface area contributed by atoms with E-state index in [0.717, 1.165) is 56.2 Å². The zero-order chi connectivity index (χ0) is 20.6. The standard InChI is InChI=1S/C21H35N5O2S/c1-16-18-11-7-13-25(15-17-9-5-4-6-10-17)21(18)23-20(22-16)19-12-8-14-26(19)29(27,28)24(2)3/h17,19H,4-15H2,1-3H3/t19-/m0/s1. The van der Waals surface area contributed by atoms with Gasteiger partial charge >= 0.3 is 0 Å². The van der Waals surface area contributed by atoms with Crippen LogP contribution in [-0.2, 0) is 16.6 Å². The molecule has 1 saturated carbocycles. The van der Waals surface area contributed by atoms with Gasteiger partial charge in [0.15, 0.2) is 0 Å². The van der Waals surface area contributed by atoms with Crippen LogP contribution < -0.4 is 4.90 Å². The summed E-state index contributed by atoms with van der Waals surface area (Å²) >= 11 is 0. The minimum atomic E-state index is -3.47. The van der Waals surface area contributed by atoms with Gasteiger partial charge in [0.05, 0.1) is 6.04 Å². The lowest BCUT2D eigenvalue weighted by Crippen LogP contribution is -2.40. The lowest BCUT2D eigenvalue weighted by molar-refractivity contribution is 0.348. The molecule has 4 rings (SSSR count). The Hall–Kier alpha value is -1.25. The van der Waals surface area contributed by atoms with Crippen molar-refractivity contribution >= 4 is 16.0 Å². The fourth-order valence-corrected chi connectivity index (χ4v) is 6.50. The quantitative estimate of drug-likeness (QED) is 0.731. The van der Waals surface area contributed by atoms with Crippen LogP contribution in [0.1, 0.15) is 74.5 Å². The summed E-state index contributed by atoms with van der Waals surface area (Å²) < 4.78 is 28.5. The second-order valence-electron chi connectivity index (χ2n) is 9.08. The highest BCUT2D eigenvalue weighted by atomic mass is 32.2. The Morgan fingerprint density at radius 3 is 2.48 bits per heavy atom. The molecule has 2 aliphatic heterocycles. The number of hydrogen-bond donors (Lipinski definition) is 0. The van der Waals surface area contributed by atoms with Crippen molar-refractivity contribution < 1.29 is 8.42 Å². The van der Waals surface area contributed by atoms with Gasteiger partial charge < -0.3 is 4.90 Å². The fourth-order valence-electron chi connectivity index (χ4n) is 5.20. The van der Waals surface area contributed by atoms with E-state index in [4.69, 9.17) is 9.97 Å². The lowest BCUT2D eigenvalue weighted by atomic mass is 9.88. The summed E-state index contributed by atoms with van der Waals surface area (Å²) in [4.78, 5) is 12.3. The monoisotopic (exact) mass is 421 g/mol. The van der Waals surface area contributed by atoms with E-state index in [-0.39, 0.29) is 6.04 Å². The molecule has 1 aromatic rings. The van der Waals surface area contributed by atoms with Gasteiger partial charge in [0, 0.05) is 45.0 Å². The third-order valence-electron chi connectivity index (χ3n) is 6.83. The average Bonchev–Trinajstić information content (AvgIpc) is 3.20. The molecule has 1 atom stereocenters. The Kier molecular flexibility index (Phi) is 6.14. The molecule has 0 spiro atoms. The van der Waals surface area contributed by atoms with Crippen LogP contribution in [0.4, 0.5) is 5.82 Å². The maximum atomic E-state index is 12.8. The van der Waals surface area contributed by atoms with Gasteiger partial charge in [0.2, 0.25) is 0 Å². The highest BCUT2D eigenvalue weighted by Crippen LogP contribution is 2.37. The first-order chi connectivity index (χ1) is 13.9. The van der Waals surface area contributed by atoms with E-state index in [0.29, 0.717) is 12.4 Å². The molecule has 1 aromatic heterocycles. The Labute approximate surface area is 175 Å². The van der Waals surface area contributed by atoms with Crippen LogP contribution in [0.15, 0.2) is 0 Å². The minimum Gasteiger partial charge on any atom is -0.356 e. The van der Waals surface area contributed by atoms with Crippen LogP contribution in [-0.4, -0.2) is 60.7 Å². The lowest BCUT2D eigenvalue weighted by Gasteiger charge is -2.35. The van der Waals surface area contributed by atoms with Crippen LogP contribution in [0.25, 0.3) is 0 Å². The van der Waals surface area contributed by atoms with Gasteiger partial charge in [0.1, 0.15) is 11.6 Å². The highest BCUT2D eigenvalue weighted by molar-refractivity contribution is 7.86. The second kappa shape index (κ2) is 8.47. The molecular weight excluding hydrogens is 386 g/mol. The Bertz CT molecular complexity index is 836. The van der Waals surface area contributed by atoms with Crippen LogP contribution in [0.5, 0.6) is 0 Å². The molecule has 8 heteroatoms. The molecule has 162 valence electrons. The van der Waals surface area contributed by atoms with Gasteiger partial charge in [0.25, 0.3) is 10.2 Å². The number of nitrogens with zero attached hydrogens (tertiary/aromatic N) is 5. The van der Waals surface area contributed by atoms with Crippen molar-refractivity contribution in [1.82, 2.24) is 18.6 Å². The number of rotatable bonds is 5. The summed E-state index contributed by atoms with van der Waals surface area (Å²) in [6.07, 6.45) is 10.5. The molecule has 1 aliphatic carbocycles. The van der Waals surface area contributed by atoms with Crippen LogP contribution in [0.2, 0.25) is 0 Å². The molecule has 0 bridgehead atoms. The molecule has 29 heavy (non-hydrogen) atoms. The second-order valence-corrected chi connectivity index (χ2v) is 11.2. The van der Waals surface area contributed by atoms with Gasteiger partial charge in [-0.25, -0.2) is 9.97 Å². The Morgan fingerprint density at radius 1 is 1.00 bits per heavy atom. The molecule has 1 saturated heterocycles. The zero-order valence-corrected chi connectivity index (χ0v) is 18.9. The van der Waals surface area contributed by atoms with Crippen molar-refractivity contribution in [2.75, 3.05) is 38.6 Å². The van der Waals surface area contributed by atoms with Crippen molar-refractivity contribution in [2.45, 2.75) is 70.8 Å². The maximum Gasteiger partial charge on any atom is 0.282 e. The van der Waals surface area contributed by atoms with Crippen molar-refractivity contribution in [3.05, 3.63) is 17.1 Å². The normalized spacial score (nSPS) is 24.3. The summed E-state index contributed by atoms with van der Waals surface area (Å²) in [6, 6.07) is -0.259. The smallest absolute Gasteiger partial charge is 0.282 e. The number of anilines is 1.